The second kappa shape index (κ2) is 8.34. The molecule has 0 saturated carbocycles. The summed E-state index contributed by atoms with van der Waals surface area (Å²) >= 11 is 0. The molecule has 80 valence electrons. The topological polar surface area (TPSA) is 83.8 Å². The van der Waals surface area contributed by atoms with E-state index in [1.54, 1.807) is 0 Å². The molecule has 1 amide bonds. The fourth-order valence-corrected chi connectivity index (χ4v) is 1.13. The van der Waals surface area contributed by atoms with Crippen LogP contribution in [0.25, 0.3) is 0 Å². The predicted molar refractivity (Wildman–Crippen MR) is 50.8 cm³/mol. The minimum atomic E-state index is -0.773. The standard InChI is InChI=1S/C9H15NO4/c11-8(10-14)6-4-2-1-3-5-7-9(12)13/h1-7H2,(H,12,13). The number of nitroso groups, excluding NO2 is 1. The molecule has 0 radical (unpaired) electrons. The van der Waals surface area contributed by atoms with Crippen LogP contribution in [0.5, 0.6) is 0 Å². The van der Waals surface area contributed by atoms with Crippen LogP contribution in [0.15, 0.2) is 5.18 Å². The Labute approximate surface area is 82.5 Å². The summed E-state index contributed by atoms with van der Waals surface area (Å²) in [5.41, 5.74) is 0. The van der Waals surface area contributed by atoms with E-state index in [9.17, 15) is 14.5 Å². The first-order chi connectivity index (χ1) is 6.66. The van der Waals surface area contributed by atoms with Gasteiger partial charge in [-0.25, -0.2) is 0 Å². The molecule has 0 rings (SSSR count). The van der Waals surface area contributed by atoms with Crippen LogP contribution in [0, 0.1) is 4.91 Å². The number of hydrogen-bond donors (Lipinski definition) is 1. The fraction of sp³-hybridized carbons (Fsp3) is 0.778. The first kappa shape index (κ1) is 12.7. The Kier molecular flexibility index (Phi) is 7.59. The molecule has 0 unspecified atom stereocenters. The summed E-state index contributed by atoms with van der Waals surface area (Å²) in [6.45, 7) is 0. The Balaban J connectivity index is 3.10. The lowest BCUT2D eigenvalue weighted by molar-refractivity contribution is -0.137. The minimum Gasteiger partial charge on any atom is -0.481 e. The number of carbonyl (C=O) groups is 2. The average Bonchev–Trinajstić information content (AvgIpc) is 2.15. The van der Waals surface area contributed by atoms with Crippen LogP contribution in [0.1, 0.15) is 44.9 Å². The van der Waals surface area contributed by atoms with Gasteiger partial charge in [0.2, 0.25) is 0 Å². The lowest BCUT2D eigenvalue weighted by atomic mass is 10.1. The summed E-state index contributed by atoms with van der Waals surface area (Å²) in [4.78, 5) is 30.2. The Hall–Kier alpha value is -1.26. The third-order valence-corrected chi connectivity index (χ3v) is 1.88. The van der Waals surface area contributed by atoms with Crippen LogP contribution in [-0.4, -0.2) is 17.0 Å². The maximum absolute atomic E-state index is 10.4. The molecule has 0 aliphatic carbocycles. The second-order valence-electron chi connectivity index (χ2n) is 3.15. The number of carboxylic acid groups (broad SMARTS) is 1. The van der Waals surface area contributed by atoms with Crippen molar-refractivity contribution in [3.63, 3.8) is 0 Å². The van der Waals surface area contributed by atoms with Crippen molar-refractivity contribution in [3.05, 3.63) is 4.91 Å². The van der Waals surface area contributed by atoms with Gasteiger partial charge in [0.05, 0.1) is 0 Å². The van der Waals surface area contributed by atoms with Crippen LogP contribution in [-0.2, 0) is 9.59 Å². The first-order valence-corrected chi connectivity index (χ1v) is 4.75. The SMILES string of the molecule is O=NC(=O)CCCCCCCC(=O)O. The first-order valence-electron chi connectivity index (χ1n) is 4.75. The van der Waals surface area contributed by atoms with Crippen LogP contribution in [0.3, 0.4) is 0 Å². The molecule has 5 heteroatoms. The summed E-state index contributed by atoms with van der Waals surface area (Å²) < 4.78 is 0. The maximum Gasteiger partial charge on any atom is 0.303 e. The highest BCUT2D eigenvalue weighted by Gasteiger charge is 2.00. The van der Waals surface area contributed by atoms with Gasteiger partial charge in [-0.3, -0.25) is 9.59 Å². The van der Waals surface area contributed by atoms with Crippen molar-refractivity contribution >= 4 is 11.9 Å². The highest BCUT2D eigenvalue weighted by molar-refractivity contribution is 5.76. The van der Waals surface area contributed by atoms with Crippen LogP contribution < -0.4 is 0 Å². The molecule has 0 aromatic rings. The van der Waals surface area contributed by atoms with Gasteiger partial charge in [-0.1, -0.05) is 19.3 Å². The lowest BCUT2D eigenvalue weighted by Crippen LogP contribution is -1.94. The van der Waals surface area contributed by atoms with Gasteiger partial charge in [0, 0.05) is 18.0 Å². The number of rotatable bonds is 8. The number of carboxylic acids is 1. The van der Waals surface area contributed by atoms with E-state index < -0.39 is 11.9 Å². The summed E-state index contributed by atoms with van der Waals surface area (Å²) in [7, 11) is 0. The monoisotopic (exact) mass is 201 g/mol. The normalized spacial score (nSPS) is 9.71. The van der Waals surface area contributed by atoms with Gasteiger partial charge in [0.25, 0.3) is 5.91 Å². The molecule has 1 N–H and O–H groups in total. The second-order valence-corrected chi connectivity index (χ2v) is 3.15. The number of hydrogen-bond acceptors (Lipinski definition) is 3. The van der Waals surface area contributed by atoms with Gasteiger partial charge in [0.15, 0.2) is 0 Å². The summed E-state index contributed by atoms with van der Waals surface area (Å²) in [5.74, 6) is -1.37. The van der Waals surface area contributed by atoms with Crippen molar-refractivity contribution in [2.24, 2.45) is 5.18 Å². The number of amides is 1. The maximum atomic E-state index is 10.4. The van der Waals surface area contributed by atoms with Crippen molar-refractivity contribution in [1.29, 1.82) is 0 Å². The van der Waals surface area contributed by atoms with Crippen molar-refractivity contribution in [2.45, 2.75) is 44.9 Å². The van der Waals surface area contributed by atoms with Crippen molar-refractivity contribution < 1.29 is 14.7 Å². The van der Waals surface area contributed by atoms with E-state index in [4.69, 9.17) is 5.11 Å². The Bertz CT molecular complexity index is 203. The van der Waals surface area contributed by atoms with E-state index in [0.29, 0.717) is 12.8 Å². The molecule has 0 aliphatic heterocycles. The molecule has 0 aliphatic rings. The fourth-order valence-electron chi connectivity index (χ4n) is 1.13. The van der Waals surface area contributed by atoms with Gasteiger partial charge < -0.3 is 5.11 Å². The van der Waals surface area contributed by atoms with E-state index in [2.05, 4.69) is 5.18 Å². The Morgan fingerprint density at radius 1 is 0.929 bits per heavy atom. The molecule has 0 heterocycles. The lowest BCUT2D eigenvalue weighted by Gasteiger charge is -1.97. The molecule has 0 aromatic carbocycles. The van der Waals surface area contributed by atoms with Crippen molar-refractivity contribution in [3.8, 4) is 0 Å². The molecule has 0 saturated heterocycles. The van der Waals surface area contributed by atoms with E-state index in [1.807, 2.05) is 0 Å². The molecule has 0 atom stereocenters. The van der Waals surface area contributed by atoms with Gasteiger partial charge in [-0.2, -0.15) is 0 Å². The zero-order valence-corrected chi connectivity index (χ0v) is 8.07. The van der Waals surface area contributed by atoms with Crippen LogP contribution in [0.4, 0.5) is 0 Å². The number of nitrogens with zero attached hydrogens (tertiary/aromatic N) is 1. The molecule has 0 bridgehead atoms. The minimum absolute atomic E-state index is 0.203. The van der Waals surface area contributed by atoms with Gasteiger partial charge >= 0.3 is 5.97 Å². The van der Waals surface area contributed by atoms with Crippen molar-refractivity contribution in [2.75, 3.05) is 0 Å². The zero-order chi connectivity index (χ0) is 10.8. The third-order valence-electron chi connectivity index (χ3n) is 1.88. The van der Waals surface area contributed by atoms with Gasteiger partial charge in [-0.05, 0) is 12.8 Å². The summed E-state index contributed by atoms with van der Waals surface area (Å²) in [6.07, 6.45) is 4.36. The Morgan fingerprint density at radius 3 is 1.93 bits per heavy atom. The molecule has 0 fully saturated rings. The van der Waals surface area contributed by atoms with E-state index >= 15 is 0 Å². The summed E-state index contributed by atoms with van der Waals surface area (Å²) in [6, 6.07) is 0. The average molecular weight is 201 g/mol. The molecule has 5 nitrogen and oxygen atoms in total. The van der Waals surface area contributed by atoms with Gasteiger partial charge in [0.1, 0.15) is 0 Å². The molecular formula is C9H15NO4. The largest absolute Gasteiger partial charge is 0.481 e. The van der Waals surface area contributed by atoms with E-state index in [-0.39, 0.29) is 12.8 Å². The quantitative estimate of drug-likeness (QED) is 0.481. The molecule has 0 aromatic heterocycles. The highest BCUT2D eigenvalue weighted by atomic mass is 16.4. The number of carbonyl (C=O) groups excluding carboxylic acids is 1. The van der Waals surface area contributed by atoms with Gasteiger partial charge in [-0.15, -0.1) is 4.91 Å². The zero-order valence-electron chi connectivity index (χ0n) is 8.07. The third kappa shape index (κ3) is 8.83. The van der Waals surface area contributed by atoms with Crippen LogP contribution in [0.2, 0.25) is 0 Å². The number of unbranched alkanes of at least 4 members (excludes halogenated alkanes) is 4. The summed E-state index contributed by atoms with van der Waals surface area (Å²) in [5, 5.41) is 10.6. The number of aliphatic carboxylic acids is 1. The molecule has 0 spiro atoms. The Morgan fingerprint density at radius 2 is 1.43 bits per heavy atom. The smallest absolute Gasteiger partial charge is 0.303 e. The molecule has 14 heavy (non-hydrogen) atoms. The van der Waals surface area contributed by atoms with Crippen molar-refractivity contribution in [1.82, 2.24) is 0 Å². The highest BCUT2D eigenvalue weighted by Crippen LogP contribution is 2.07. The van der Waals surface area contributed by atoms with E-state index in [1.165, 1.54) is 0 Å². The predicted octanol–water partition coefficient (Wildman–Crippen LogP) is 2.09. The molecular weight excluding hydrogens is 186 g/mol. The van der Waals surface area contributed by atoms with E-state index in [0.717, 1.165) is 19.3 Å². The van der Waals surface area contributed by atoms with Crippen LogP contribution >= 0.6 is 0 Å².